The molecule has 0 bridgehead atoms. The quantitative estimate of drug-likeness (QED) is 0.444. The summed E-state index contributed by atoms with van der Waals surface area (Å²) >= 11 is 0. The molecule has 0 amide bonds. The third-order valence-electron chi connectivity index (χ3n) is 3.14. The van der Waals surface area contributed by atoms with Crippen molar-refractivity contribution < 1.29 is 24.9 Å². The van der Waals surface area contributed by atoms with Crippen molar-refractivity contribution >= 4 is 5.78 Å². The zero-order chi connectivity index (χ0) is 15.0. The first-order valence-electron chi connectivity index (χ1n) is 5.85. The fourth-order valence-electron chi connectivity index (χ4n) is 2.03. The van der Waals surface area contributed by atoms with Crippen molar-refractivity contribution in [2.24, 2.45) is 0 Å². The second kappa shape index (κ2) is 5.29. The van der Waals surface area contributed by atoms with Gasteiger partial charge in [0.25, 0.3) is 5.56 Å². The Morgan fingerprint density at radius 3 is 2.55 bits per heavy atom. The van der Waals surface area contributed by atoms with Crippen LogP contribution in [0.15, 0.2) is 15.8 Å². The molecule has 0 saturated carbocycles. The van der Waals surface area contributed by atoms with Crippen LogP contribution in [0.5, 0.6) is 0 Å². The largest absolute Gasteiger partial charge is 0.394 e. The van der Waals surface area contributed by atoms with Crippen molar-refractivity contribution in [1.82, 2.24) is 9.55 Å². The van der Waals surface area contributed by atoms with E-state index in [-0.39, 0.29) is 5.56 Å². The lowest BCUT2D eigenvalue weighted by atomic mass is 10.1. The Labute approximate surface area is 112 Å². The number of H-pyrrole nitrogens is 1. The fourth-order valence-corrected chi connectivity index (χ4v) is 2.03. The SMILES string of the molecule is CC(=O)c1cn([C@@H]2O[C@H](CO)[C@H](O)[C@H]2O)c(=O)[nH]c1=O. The topological polar surface area (TPSA) is 142 Å². The molecule has 0 aliphatic carbocycles. The van der Waals surface area contributed by atoms with Gasteiger partial charge >= 0.3 is 5.69 Å². The first-order valence-corrected chi connectivity index (χ1v) is 5.85. The maximum atomic E-state index is 11.7. The number of Topliss-reactive ketones (excluding diaryl/α,β-unsaturated/α-hetero) is 1. The molecule has 110 valence electrons. The van der Waals surface area contributed by atoms with Crippen LogP contribution < -0.4 is 11.2 Å². The molecule has 9 nitrogen and oxygen atoms in total. The van der Waals surface area contributed by atoms with E-state index < -0.39 is 48.2 Å². The molecule has 1 aliphatic heterocycles. The monoisotopic (exact) mass is 286 g/mol. The van der Waals surface area contributed by atoms with Crippen molar-refractivity contribution in [3.05, 3.63) is 32.6 Å². The number of nitrogens with zero attached hydrogens (tertiary/aromatic N) is 1. The molecule has 4 atom stereocenters. The van der Waals surface area contributed by atoms with Crippen molar-refractivity contribution in [1.29, 1.82) is 0 Å². The van der Waals surface area contributed by atoms with Gasteiger partial charge in [0.15, 0.2) is 12.0 Å². The molecule has 1 saturated heterocycles. The van der Waals surface area contributed by atoms with Gasteiger partial charge < -0.3 is 20.1 Å². The average molecular weight is 286 g/mol. The third-order valence-corrected chi connectivity index (χ3v) is 3.14. The van der Waals surface area contributed by atoms with Crippen LogP contribution in [0.1, 0.15) is 23.5 Å². The number of aromatic amines is 1. The van der Waals surface area contributed by atoms with Crippen molar-refractivity contribution in [2.45, 2.75) is 31.5 Å². The molecule has 1 aromatic heterocycles. The van der Waals surface area contributed by atoms with Gasteiger partial charge in [-0.15, -0.1) is 0 Å². The summed E-state index contributed by atoms with van der Waals surface area (Å²) in [4.78, 5) is 36.4. The highest BCUT2D eigenvalue weighted by Gasteiger charge is 2.43. The summed E-state index contributed by atoms with van der Waals surface area (Å²) in [5.74, 6) is -0.563. The number of aliphatic hydroxyl groups excluding tert-OH is 3. The predicted octanol–water partition coefficient (Wildman–Crippen LogP) is -2.65. The van der Waals surface area contributed by atoms with E-state index in [2.05, 4.69) is 0 Å². The molecule has 4 N–H and O–H groups in total. The minimum absolute atomic E-state index is 0.276. The van der Waals surface area contributed by atoms with Gasteiger partial charge in [-0.1, -0.05) is 0 Å². The highest BCUT2D eigenvalue weighted by Crippen LogP contribution is 2.27. The lowest BCUT2D eigenvalue weighted by Gasteiger charge is -2.17. The van der Waals surface area contributed by atoms with Gasteiger partial charge in [0.2, 0.25) is 0 Å². The van der Waals surface area contributed by atoms with Crippen molar-refractivity contribution in [3.63, 3.8) is 0 Å². The van der Waals surface area contributed by atoms with Crippen LogP contribution in [0.2, 0.25) is 0 Å². The summed E-state index contributed by atoms with van der Waals surface area (Å²) in [6.07, 6.45) is -4.26. The van der Waals surface area contributed by atoms with Crippen LogP contribution in [-0.4, -0.2) is 55.6 Å². The Balaban J connectivity index is 2.48. The lowest BCUT2D eigenvalue weighted by Crippen LogP contribution is -2.39. The average Bonchev–Trinajstić information content (AvgIpc) is 2.66. The molecule has 2 heterocycles. The first kappa shape index (κ1) is 14.6. The van der Waals surface area contributed by atoms with Crippen LogP contribution in [0.25, 0.3) is 0 Å². The van der Waals surface area contributed by atoms with Crippen LogP contribution in [-0.2, 0) is 4.74 Å². The summed E-state index contributed by atoms with van der Waals surface area (Å²) in [7, 11) is 0. The van der Waals surface area contributed by atoms with Gasteiger partial charge in [-0.3, -0.25) is 19.1 Å². The van der Waals surface area contributed by atoms with E-state index in [9.17, 15) is 24.6 Å². The van der Waals surface area contributed by atoms with Gasteiger partial charge in [0.05, 0.1) is 12.2 Å². The van der Waals surface area contributed by atoms with Crippen molar-refractivity contribution in [2.75, 3.05) is 6.61 Å². The van der Waals surface area contributed by atoms with E-state index in [0.717, 1.165) is 17.7 Å². The molecule has 2 rings (SSSR count). The number of hydrogen-bond acceptors (Lipinski definition) is 7. The highest BCUT2D eigenvalue weighted by molar-refractivity contribution is 5.93. The van der Waals surface area contributed by atoms with Crippen LogP contribution in [0.3, 0.4) is 0 Å². The van der Waals surface area contributed by atoms with Crippen molar-refractivity contribution in [3.8, 4) is 0 Å². The van der Waals surface area contributed by atoms with E-state index in [1.54, 1.807) is 0 Å². The molecule has 0 spiro atoms. The predicted molar refractivity (Wildman–Crippen MR) is 64.3 cm³/mol. The number of ketones is 1. The van der Waals surface area contributed by atoms with Gasteiger partial charge in [-0.2, -0.15) is 0 Å². The molecule has 20 heavy (non-hydrogen) atoms. The number of ether oxygens (including phenoxy) is 1. The molecular formula is C11H14N2O7. The van der Waals surface area contributed by atoms with Gasteiger partial charge in [-0.25, -0.2) is 4.79 Å². The summed E-state index contributed by atoms with van der Waals surface area (Å²) in [6, 6.07) is 0. The summed E-state index contributed by atoms with van der Waals surface area (Å²) < 4.78 is 5.96. The number of nitrogens with one attached hydrogen (secondary N) is 1. The molecule has 1 fully saturated rings. The number of aliphatic hydroxyl groups is 3. The van der Waals surface area contributed by atoms with E-state index in [1.165, 1.54) is 0 Å². The van der Waals surface area contributed by atoms with E-state index in [0.29, 0.717) is 0 Å². The van der Waals surface area contributed by atoms with E-state index >= 15 is 0 Å². The second-order valence-electron chi connectivity index (χ2n) is 4.49. The molecule has 9 heteroatoms. The Morgan fingerprint density at radius 1 is 1.40 bits per heavy atom. The van der Waals surface area contributed by atoms with Gasteiger partial charge in [0.1, 0.15) is 18.3 Å². The van der Waals surface area contributed by atoms with Crippen LogP contribution in [0.4, 0.5) is 0 Å². The third kappa shape index (κ3) is 2.31. The smallest absolute Gasteiger partial charge is 0.330 e. The van der Waals surface area contributed by atoms with Crippen LogP contribution in [0, 0.1) is 0 Å². The Bertz CT molecular complexity index is 634. The van der Waals surface area contributed by atoms with Crippen LogP contribution >= 0.6 is 0 Å². The first-order chi connectivity index (χ1) is 9.36. The number of carbonyl (C=O) groups excluding carboxylic acids is 1. The number of aromatic nitrogens is 2. The standard InChI is InChI=1S/C11H14N2O7/c1-4(15)5-2-13(11(19)12-9(5)18)10-8(17)7(16)6(3-14)20-10/h2,6-8,10,14,16-17H,3H2,1H3,(H,12,18,19)/t6-,7+,8-,10-/m1/s1. The van der Waals surface area contributed by atoms with Gasteiger partial charge in [0, 0.05) is 6.20 Å². The maximum Gasteiger partial charge on any atom is 0.330 e. The Morgan fingerprint density at radius 2 is 2.05 bits per heavy atom. The van der Waals surface area contributed by atoms with Gasteiger partial charge in [-0.05, 0) is 6.92 Å². The number of rotatable bonds is 3. The molecule has 0 radical (unpaired) electrons. The molecule has 0 aromatic carbocycles. The van der Waals surface area contributed by atoms with E-state index in [4.69, 9.17) is 9.84 Å². The normalized spacial score (nSPS) is 29.6. The minimum Gasteiger partial charge on any atom is -0.394 e. The Kier molecular flexibility index (Phi) is 3.86. The molecule has 1 aromatic rings. The number of hydrogen-bond donors (Lipinski definition) is 4. The Hall–Kier alpha value is -1.81. The summed E-state index contributed by atoms with van der Waals surface area (Å²) in [5.41, 5.74) is -2.01. The summed E-state index contributed by atoms with van der Waals surface area (Å²) in [6.45, 7) is 0.600. The highest BCUT2D eigenvalue weighted by atomic mass is 16.6. The van der Waals surface area contributed by atoms with E-state index in [1.807, 2.05) is 4.98 Å². The molecule has 0 unspecified atom stereocenters. The summed E-state index contributed by atoms with van der Waals surface area (Å²) in [5, 5.41) is 28.4. The zero-order valence-electron chi connectivity index (χ0n) is 10.5. The molecule has 1 aliphatic rings. The molecular weight excluding hydrogens is 272 g/mol. The zero-order valence-corrected chi connectivity index (χ0v) is 10.5. The number of carbonyl (C=O) groups is 1. The fraction of sp³-hybridized carbons (Fsp3) is 0.545. The lowest BCUT2D eigenvalue weighted by molar-refractivity contribution is -0.0550. The second-order valence-corrected chi connectivity index (χ2v) is 4.49. The maximum absolute atomic E-state index is 11.7. The minimum atomic E-state index is -1.48.